The Balaban J connectivity index is 2.21. The molecule has 2 aromatic rings. The van der Waals surface area contributed by atoms with Crippen LogP contribution in [0.4, 0.5) is 30.7 Å². The largest absolute Gasteiger partial charge is 0.478 e. The summed E-state index contributed by atoms with van der Waals surface area (Å²) in [6.07, 6.45) is -9.04. The Morgan fingerprint density at radius 2 is 1.05 bits per heavy atom. The number of carboxylic acids is 2. The zero-order chi connectivity index (χ0) is 31.2. The first-order chi connectivity index (χ1) is 18.8. The van der Waals surface area contributed by atoms with Gasteiger partial charge in [0.05, 0.1) is 35.5 Å². The molecule has 0 heterocycles. The van der Waals surface area contributed by atoms with E-state index in [1.54, 1.807) is 0 Å². The molecule has 15 heteroatoms. The van der Waals surface area contributed by atoms with Crippen molar-refractivity contribution in [2.75, 3.05) is 13.2 Å². The third kappa shape index (κ3) is 9.18. The van der Waals surface area contributed by atoms with Gasteiger partial charge in [-0.05, 0) is 55.2 Å². The smallest absolute Gasteiger partial charge is 0.453 e. The highest BCUT2D eigenvalue weighted by atomic mass is 19.4. The minimum Gasteiger partial charge on any atom is -0.478 e. The van der Waals surface area contributed by atoms with E-state index in [0.717, 1.165) is 24.3 Å². The number of rotatable bonds is 13. The second-order valence-corrected chi connectivity index (χ2v) is 8.88. The van der Waals surface area contributed by atoms with E-state index in [9.17, 15) is 60.1 Å². The van der Waals surface area contributed by atoms with Gasteiger partial charge in [-0.2, -0.15) is 22.0 Å². The fourth-order valence-corrected chi connectivity index (χ4v) is 3.46. The van der Waals surface area contributed by atoms with Crippen molar-refractivity contribution in [2.24, 2.45) is 0 Å². The Kier molecular flexibility index (Phi) is 10.5. The molecule has 0 aliphatic rings. The first-order valence-corrected chi connectivity index (χ1v) is 11.8. The van der Waals surface area contributed by atoms with Crippen LogP contribution in [0.15, 0.2) is 36.4 Å². The third-order valence-electron chi connectivity index (χ3n) is 5.55. The van der Waals surface area contributed by atoms with Crippen molar-refractivity contribution in [3.05, 3.63) is 58.7 Å². The number of esters is 2. The average Bonchev–Trinajstić information content (AvgIpc) is 2.86. The Morgan fingerprint density at radius 1 is 0.659 bits per heavy atom. The molecule has 0 saturated carbocycles. The molecule has 0 bridgehead atoms. The molecule has 0 aliphatic heterocycles. The molecule has 0 unspecified atom stereocenters. The van der Waals surface area contributed by atoms with Gasteiger partial charge in [-0.25, -0.2) is 28.0 Å². The second kappa shape index (κ2) is 13.0. The quantitative estimate of drug-likeness (QED) is 0.153. The minimum atomic E-state index is -5.78. The van der Waals surface area contributed by atoms with E-state index in [0.29, 0.717) is 6.92 Å². The highest BCUT2D eigenvalue weighted by Gasteiger charge is 2.56. The van der Waals surface area contributed by atoms with Crippen LogP contribution >= 0.6 is 0 Å². The van der Waals surface area contributed by atoms with Crippen LogP contribution in [0.25, 0.3) is 11.1 Å². The summed E-state index contributed by atoms with van der Waals surface area (Å²) >= 11 is 0. The molecule has 2 N–H and O–H groups in total. The molecule has 8 nitrogen and oxygen atoms in total. The highest BCUT2D eigenvalue weighted by molar-refractivity contribution is 6.05. The van der Waals surface area contributed by atoms with Crippen LogP contribution in [-0.4, -0.2) is 65.3 Å². The lowest BCUT2D eigenvalue weighted by Crippen LogP contribution is -2.36. The number of halogens is 7. The zero-order valence-electron chi connectivity index (χ0n) is 21.2. The van der Waals surface area contributed by atoms with Gasteiger partial charge in [-0.1, -0.05) is 12.1 Å². The number of carboxylic acid groups (broad SMARTS) is 2. The SMILES string of the molecule is CC(F)(F)CCCOC(=O)c1ccc(-c2ccc(C(=O)OCCCC(F)(F)C(F)(F)F)c(C(=O)O)c2)cc1C(=O)O. The predicted molar refractivity (Wildman–Crippen MR) is 126 cm³/mol. The molecule has 41 heavy (non-hydrogen) atoms. The maximum absolute atomic E-state index is 13.0. The van der Waals surface area contributed by atoms with E-state index in [1.807, 2.05) is 0 Å². The fourth-order valence-electron chi connectivity index (χ4n) is 3.46. The summed E-state index contributed by atoms with van der Waals surface area (Å²) < 4.78 is 98.0. The lowest BCUT2D eigenvalue weighted by molar-refractivity contribution is -0.284. The number of alkyl halides is 7. The molecule has 0 aliphatic carbocycles. The number of carbonyl (C=O) groups excluding carboxylic acids is 2. The van der Waals surface area contributed by atoms with Crippen molar-refractivity contribution < 1.29 is 69.6 Å². The van der Waals surface area contributed by atoms with Crippen LogP contribution in [0.1, 0.15) is 74.0 Å². The minimum absolute atomic E-state index is 0.0661. The number of ether oxygens (including phenoxy) is 2. The van der Waals surface area contributed by atoms with Crippen LogP contribution in [-0.2, 0) is 9.47 Å². The lowest BCUT2D eigenvalue weighted by Gasteiger charge is -2.19. The van der Waals surface area contributed by atoms with Gasteiger partial charge in [0.1, 0.15) is 0 Å². The highest BCUT2D eigenvalue weighted by Crippen LogP contribution is 2.38. The normalized spacial score (nSPS) is 12.1. The molecule has 224 valence electrons. The van der Waals surface area contributed by atoms with Gasteiger partial charge >= 0.3 is 36.0 Å². The molecule has 0 atom stereocenters. The van der Waals surface area contributed by atoms with Crippen LogP contribution in [0.5, 0.6) is 0 Å². The van der Waals surface area contributed by atoms with Gasteiger partial charge in [-0.3, -0.25) is 0 Å². The van der Waals surface area contributed by atoms with Crippen molar-refractivity contribution in [1.82, 2.24) is 0 Å². The van der Waals surface area contributed by atoms with Crippen molar-refractivity contribution >= 4 is 23.9 Å². The molecule has 0 radical (unpaired) electrons. The van der Waals surface area contributed by atoms with Crippen LogP contribution in [0.3, 0.4) is 0 Å². The molecular formula is C26H23F7O8. The van der Waals surface area contributed by atoms with Gasteiger partial charge in [0.15, 0.2) is 0 Å². The van der Waals surface area contributed by atoms with Crippen molar-refractivity contribution in [3.8, 4) is 11.1 Å². The fraction of sp³-hybridized carbons (Fsp3) is 0.385. The Morgan fingerprint density at radius 3 is 1.39 bits per heavy atom. The molecule has 0 fully saturated rings. The molecular weight excluding hydrogens is 573 g/mol. The Bertz CT molecular complexity index is 1300. The molecule has 0 spiro atoms. The van der Waals surface area contributed by atoms with E-state index in [4.69, 9.17) is 4.74 Å². The van der Waals surface area contributed by atoms with Crippen LogP contribution in [0, 0.1) is 0 Å². The van der Waals surface area contributed by atoms with E-state index in [-0.39, 0.29) is 17.5 Å². The Hall–Kier alpha value is -4.17. The number of hydrogen-bond donors (Lipinski definition) is 2. The second-order valence-electron chi connectivity index (χ2n) is 8.88. The van der Waals surface area contributed by atoms with Crippen molar-refractivity contribution in [3.63, 3.8) is 0 Å². The lowest BCUT2D eigenvalue weighted by atomic mass is 9.96. The molecule has 0 saturated heterocycles. The van der Waals surface area contributed by atoms with Gasteiger partial charge in [0.2, 0.25) is 5.92 Å². The topological polar surface area (TPSA) is 127 Å². The number of hydrogen-bond acceptors (Lipinski definition) is 6. The zero-order valence-corrected chi connectivity index (χ0v) is 21.2. The monoisotopic (exact) mass is 596 g/mol. The summed E-state index contributed by atoms with van der Waals surface area (Å²) in [6, 6.07) is 6.43. The van der Waals surface area contributed by atoms with E-state index < -0.39 is 96.6 Å². The summed E-state index contributed by atoms with van der Waals surface area (Å²) in [7, 11) is 0. The first-order valence-electron chi connectivity index (χ1n) is 11.8. The third-order valence-corrected chi connectivity index (χ3v) is 5.55. The summed E-state index contributed by atoms with van der Waals surface area (Å²) in [5.74, 6) is -13.6. The molecule has 0 amide bonds. The van der Waals surface area contributed by atoms with E-state index in [1.165, 1.54) is 12.1 Å². The average molecular weight is 596 g/mol. The standard InChI is InChI=1S/C26H23F7O8/c1-24(27,28)8-2-10-40-22(38)16-6-4-14(12-18(16)20(34)35)15-5-7-17(19(13-15)21(36)37)23(39)41-11-3-9-25(29,30)26(31,32)33/h4-7,12-13H,2-3,8-11H2,1H3,(H,34,35)(H,36,37). The van der Waals surface area contributed by atoms with Gasteiger partial charge in [-0.15, -0.1) is 0 Å². The summed E-state index contributed by atoms with van der Waals surface area (Å²) in [5, 5.41) is 19.1. The van der Waals surface area contributed by atoms with E-state index in [2.05, 4.69) is 4.74 Å². The van der Waals surface area contributed by atoms with Crippen molar-refractivity contribution in [1.29, 1.82) is 0 Å². The van der Waals surface area contributed by atoms with Crippen LogP contribution < -0.4 is 0 Å². The Labute approximate surface area is 227 Å². The summed E-state index contributed by atoms with van der Waals surface area (Å²) in [4.78, 5) is 48.1. The summed E-state index contributed by atoms with van der Waals surface area (Å²) in [5.41, 5.74) is -2.01. The predicted octanol–water partition coefficient (Wildman–Crippen LogP) is 6.48. The summed E-state index contributed by atoms with van der Waals surface area (Å²) in [6.45, 7) is -0.563. The first kappa shape index (κ1) is 33.0. The molecule has 2 rings (SSSR count). The molecule has 0 aromatic heterocycles. The number of carbonyl (C=O) groups is 4. The maximum Gasteiger partial charge on any atom is 0.453 e. The molecule has 2 aromatic carbocycles. The van der Waals surface area contributed by atoms with Gasteiger partial charge < -0.3 is 19.7 Å². The van der Waals surface area contributed by atoms with Gasteiger partial charge in [0, 0.05) is 12.8 Å². The number of aromatic carboxylic acids is 2. The maximum atomic E-state index is 13.0. The van der Waals surface area contributed by atoms with Gasteiger partial charge in [0.25, 0.3) is 0 Å². The van der Waals surface area contributed by atoms with Crippen LogP contribution in [0.2, 0.25) is 0 Å². The van der Waals surface area contributed by atoms with Crippen molar-refractivity contribution in [2.45, 2.75) is 50.6 Å². The van der Waals surface area contributed by atoms with E-state index >= 15 is 0 Å². The number of benzene rings is 2.